The number of rotatable bonds is 5. The van der Waals surface area contributed by atoms with E-state index in [4.69, 9.17) is 5.11 Å². The van der Waals surface area contributed by atoms with Gasteiger partial charge in [0, 0.05) is 12.5 Å². The predicted octanol–water partition coefficient (Wildman–Crippen LogP) is 2.26. The molecule has 1 saturated carbocycles. The maximum absolute atomic E-state index is 12.4. The van der Waals surface area contributed by atoms with Crippen LogP contribution in [0, 0.1) is 5.92 Å². The first kappa shape index (κ1) is 14.1. The van der Waals surface area contributed by atoms with Crippen molar-refractivity contribution in [2.75, 3.05) is 6.54 Å². The van der Waals surface area contributed by atoms with Gasteiger partial charge in [0.05, 0.1) is 0 Å². The molecule has 1 unspecified atom stereocenters. The average Bonchev–Trinajstić information content (AvgIpc) is 3.29. The van der Waals surface area contributed by atoms with Crippen molar-refractivity contribution in [3.8, 4) is 0 Å². The molecule has 2 aliphatic rings. The third-order valence-corrected chi connectivity index (χ3v) is 4.53. The van der Waals surface area contributed by atoms with Gasteiger partial charge in [0.1, 0.15) is 6.54 Å². The molecule has 1 aromatic carbocycles. The fourth-order valence-corrected chi connectivity index (χ4v) is 3.26. The van der Waals surface area contributed by atoms with E-state index in [1.54, 1.807) is 4.90 Å². The van der Waals surface area contributed by atoms with Gasteiger partial charge in [0.15, 0.2) is 0 Å². The molecule has 1 amide bonds. The minimum absolute atomic E-state index is 0.0179. The molecule has 21 heavy (non-hydrogen) atoms. The Bertz CT molecular complexity index is 551. The second kappa shape index (κ2) is 5.88. The van der Waals surface area contributed by atoms with E-state index < -0.39 is 5.97 Å². The van der Waals surface area contributed by atoms with E-state index in [2.05, 4.69) is 18.2 Å². The van der Waals surface area contributed by atoms with Crippen molar-refractivity contribution in [1.82, 2.24) is 4.90 Å². The normalized spacial score (nSPS) is 20.7. The quantitative estimate of drug-likeness (QED) is 0.903. The summed E-state index contributed by atoms with van der Waals surface area (Å²) in [5.74, 6) is -0.545. The highest BCUT2D eigenvalue weighted by Crippen LogP contribution is 2.31. The van der Waals surface area contributed by atoms with Gasteiger partial charge in [-0.25, -0.2) is 0 Å². The van der Waals surface area contributed by atoms with Gasteiger partial charge >= 0.3 is 5.97 Å². The Kier molecular flexibility index (Phi) is 3.95. The fraction of sp³-hybridized carbons (Fsp3) is 0.529. The first-order valence-corrected chi connectivity index (χ1v) is 7.71. The zero-order valence-corrected chi connectivity index (χ0v) is 12.1. The number of fused-ring (bicyclic) bond motifs is 1. The van der Waals surface area contributed by atoms with Crippen LogP contribution in [0.25, 0.3) is 0 Å². The van der Waals surface area contributed by atoms with Crippen LogP contribution in [0.5, 0.6) is 0 Å². The number of hydrogen-bond donors (Lipinski definition) is 1. The maximum atomic E-state index is 12.4. The first-order valence-electron chi connectivity index (χ1n) is 7.71. The Hall–Kier alpha value is -1.84. The average molecular weight is 287 g/mol. The molecule has 1 aromatic rings. The fourth-order valence-electron chi connectivity index (χ4n) is 3.26. The van der Waals surface area contributed by atoms with Crippen LogP contribution >= 0.6 is 0 Å². The molecule has 1 atom stereocenters. The summed E-state index contributed by atoms with van der Waals surface area (Å²) in [5, 5.41) is 8.95. The van der Waals surface area contributed by atoms with E-state index >= 15 is 0 Å². The lowest BCUT2D eigenvalue weighted by Gasteiger charge is -2.27. The van der Waals surface area contributed by atoms with E-state index in [0.29, 0.717) is 12.3 Å². The summed E-state index contributed by atoms with van der Waals surface area (Å²) in [6.07, 6.45) is 5.37. The SMILES string of the molecule is O=C(O)CN(C(=O)CC1CCc2ccccc2C1)C1CC1. The lowest BCUT2D eigenvalue weighted by Crippen LogP contribution is -2.38. The van der Waals surface area contributed by atoms with Gasteiger partial charge in [-0.3, -0.25) is 9.59 Å². The summed E-state index contributed by atoms with van der Waals surface area (Å²) >= 11 is 0. The van der Waals surface area contributed by atoms with E-state index in [1.165, 1.54) is 11.1 Å². The molecule has 0 radical (unpaired) electrons. The number of nitrogens with zero attached hydrogens (tertiary/aromatic N) is 1. The molecule has 2 aliphatic carbocycles. The van der Waals surface area contributed by atoms with Crippen molar-refractivity contribution in [3.63, 3.8) is 0 Å². The summed E-state index contributed by atoms with van der Waals surface area (Å²) in [4.78, 5) is 24.9. The molecule has 4 heteroatoms. The minimum atomic E-state index is -0.913. The molecule has 1 fully saturated rings. The van der Waals surface area contributed by atoms with Gasteiger partial charge in [0.2, 0.25) is 5.91 Å². The first-order chi connectivity index (χ1) is 10.1. The number of carboxylic acid groups (broad SMARTS) is 1. The molecule has 3 rings (SSSR count). The Morgan fingerprint density at radius 1 is 1.14 bits per heavy atom. The third-order valence-electron chi connectivity index (χ3n) is 4.53. The molecule has 112 valence electrons. The molecule has 0 saturated heterocycles. The summed E-state index contributed by atoms with van der Waals surface area (Å²) in [7, 11) is 0. The Balaban J connectivity index is 1.61. The number of aryl methyl sites for hydroxylation is 1. The lowest BCUT2D eigenvalue weighted by atomic mass is 9.82. The van der Waals surface area contributed by atoms with E-state index in [0.717, 1.165) is 32.1 Å². The molecular formula is C17H21NO3. The molecule has 1 N–H and O–H groups in total. The number of carbonyl (C=O) groups is 2. The summed E-state index contributed by atoms with van der Waals surface area (Å²) in [6, 6.07) is 8.58. The Morgan fingerprint density at radius 2 is 1.86 bits per heavy atom. The van der Waals surface area contributed by atoms with Crippen molar-refractivity contribution in [2.24, 2.45) is 5.92 Å². The topological polar surface area (TPSA) is 57.6 Å². The van der Waals surface area contributed by atoms with Crippen LogP contribution in [0.3, 0.4) is 0 Å². The van der Waals surface area contributed by atoms with E-state index in [9.17, 15) is 9.59 Å². The van der Waals surface area contributed by atoms with Gasteiger partial charge in [-0.1, -0.05) is 24.3 Å². The van der Waals surface area contributed by atoms with Crippen LogP contribution in [0.15, 0.2) is 24.3 Å². The summed E-state index contributed by atoms with van der Waals surface area (Å²) in [5.41, 5.74) is 2.74. The Morgan fingerprint density at radius 3 is 2.52 bits per heavy atom. The third kappa shape index (κ3) is 3.43. The van der Waals surface area contributed by atoms with Crippen LogP contribution in [0.2, 0.25) is 0 Å². The minimum Gasteiger partial charge on any atom is -0.480 e. The molecular weight excluding hydrogens is 266 g/mol. The van der Waals surface area contributed by atoms with Crippen molar-refractivity contribution in [3.05, 3.63) is 35.4 Å². The number of carboxylic acids is 1. The monoisotopic (exact) mass is 287 g/mol. The molecule has 0 heterocycles. The van der Waals surface area contributed by atoms with Crippen molar-refractivity contribution < 1.29 is 14.7 Å². The van der Waals surface area contributed by atoms with Crippen LogP contribution in [-0.2, 0) is 22.4 Å². The van der Waals surface area contributed by atoms with Crippen molar-refractivity contribution in [2.45, 2.75) is 44.6 Å². The second-order valence-electron chi connectivity index (χ2n) is 6.23. The molecule has 0 spiro atoms. The van der Waals surface area contributed by atoms with Crippen LogP contribution in [0.4, 0.5) is 0 Å². The van der Waals surface area contributed by atoms with Crippen LogP contribution < -0.4 is 0 Å². The molecule has 0 bridgehead atoms. The molecule has 0 aromatic heterocycles. The Labute approximate surface area is 124 Å². The smallest absolute Gasteiger partial charge is 0.323 e. The number of amides is 1. The second-order valence-corrected chi connectivity index (χ2v) is 6.23. The predicted molar refractivity (Wildman–Crippen MR) is 78.9 cm³/mol. The maximum Gasteiger partial charge on any atom is 0.323 e. The zero-order valence-electron chi connectivity index (χ0n) is 12.1. The highest BCUT2D eigenvalue weighted by Gasteiger charge is 2.34. The lowest BCUT2D eigenvalue weighted by molar-refractivity contribution is -0.145. The highest BCUT2D eigenvalue weighted by atomic mass is 16.4. The van der Waals surface area contributed by atoms with Crippen LogP contribution in [0.1, 0.15) is 36.8 Å². The zero-order chi connectivity index (χ0) is 14.8. The van der Waals surface area contributed by atoms with Gasteiger partial charge in [-0.15, -0.1) is 0 Å². The summed E-state index contributed by atoms with van der Waals surface area (Å²) in [6.45, 7) is -0.146. The largest absolute Gasteiger partial charge is 0.480 e. The van der Waals surface area contributed by atoms with Crippen molar-refractivity contribution >= 4 is 11.9 Å². The van der Waals surface area contributed by atoms with Crippen LogP contribution in [-0.4, -0.2) is 34.5 Å². The van der Waals surface area contributed by atoms with E-state index in [-0.39, 0.29) is 18.5 Å². The number of hydrogen-bond acceptors (Lipinski definition) is 2. The van der Waals surface area contributed by atoms with Crippen molar-refractivity contribution in [1.29, 1.82) is 0 Å². The molecule has 0 aliphatic heterocycles. The van der Waals surface area contributed by atoms with E-state index in [1.807, 2.05) is 6.07 Å². The van der Waals surface area contributed by atoms with Gasteiger partial charge in [0.25, 0.3) is 0 Å². The van der Waals surface area contributed by atoms with Gasteiger partial charge in [-0.2, -0.15) is 0 Å². The number of aliphatic carboxylic acids is 1. The van der Waals surface area contributed by atoms with Gasteiger partial charge in [-0.05, 0) is 49.1 Å². The highest BCUT2D eigenvalue weighted by molar-refractivity contribution is 5.82. The standard InChI is InChI=1S/C17H21NO3/c19-16(18(11-17(20)21)15-7-8-15)10-12-5-6-13-3-1-2-4-14(13)9-12/h1-4,12,15H,5-11H2,(H,20,21). The molecule has 4 nitrogen and oxygen atoms in total. The summed E-state index contributed by atoms with van der Waals surface area (Å²) < 4.78 is 0. The van der Waals surface area contributed by atoms with Gasteiger partial charge < -0.3 is 10.0 Å². The number of benzene rings is 1. The number of carbonyl (C=O) groups excluding carboxylic acids is 1.